The van der Waals surface area contributed by atoms with Crippen LogP contribution < -0.4 is 119 Å². The first-order chi connectivity index (χ1) is 60.0. The molecular weight excluding hydrogens is 1780 g/mol. The van der Waals surface area contributed by atoms with Crippen molar-refractivity contribution >= 4 is 194 Å². The predicted molar refractivity (Wildman–Crippen MR) is 462 cm³/mol. The van der Waals surface area contributed by atoms with Crippen molar-refractivity contribution in [1.82, 2.24) is 105 Å². The number of para-hydroxylation sites is 1. The number of amides is 16. The van der Waals surface area contributed by atoms with E-state index in [1.165, 1.54) is 18.7 Å². The molecule has 5 heterocycles. The number of H-pyrrole nitrogens is 2. The fraction of sp³-hybridized carbons (Fsp3) is 0.557. The van der Waals surface area contributed by atoms with Crippen LogP contribution in [0.15, 0.2) is 43.0 Å². The minimum Gasteiger partial charge on any atom is -0.481 e. The van der Waals surface area contributed by atoms with Crippen molar-refractivity contribution in [2.45, 2.75) is 167 Å². The average molecular weight is 1890 g/mol. The summed E-state index contributed by atoms with van der Waals surface area (Å²) < 4.78 is 0. The van der Waals surface area contributed by atoms with Crippen molar-refractivity contribution in [3.05, 3.63) is 54.2 Å². The molecule has 56 heteroatoms. The molecule has 3 aliphatic rings. The van der Waals surface area contributed by atoms with Crippen LogP contribution in [0.1, 0.15) is 69.0 Å². The second-order valence-corrected chi connectivity index (χ2v) is 36.1. The molecule has 126 heavy (non-hydrogen) atoms. The Bertz CT molecular complexity index is 4350. The minimum atomic E-state index is -2.18. The fourth-order valence-corrected chi connectivity index (χ4v) is 19.0. The Balaban J connectivity index is 1.61. The number of unbranched alkanes of at least 4 members (excludes halogenated alkanes) is 1. The fourth-order valence-electron chi connectivity index (χ4n) is 12.1. The molecule has 4 bridgehead atoms. The smallest absolute Gasteiger partial charge is 0.327 e. The van der Waals surface area contributed by atoms with Crippen molar-refractivity contribution in [3.8, 4) is 0 Å². The van der Waals surface area contributed by atoms with Crippen molar-refractivity contribution < 1.29 is 112 Å². The van der Waals surface area contributed by atoms with Gasteiger partial charge in [-0.15, -0.1) is 0 Å². The Morgan fingerprint density at radius 1 is 0.421 bits per heavy atom. The van der Waals surface area contributed by atoms with Crippen LogP contribution in [0.3, 0.4) is 0 Å². The van der Waals surface area contributed by atoms with Gasteiger partial charge in [0, 0.05) is 89.4 Å². The molecule has 0 saturated carbocycles. The quantitative estimate of drug-likeness (QED) is 0.0171. The molecule has 16 amide bonds. The van der Waals surface area contributed by atoms with E-state index in [0.717, 1.165) is 21.6 Å². The summed E-state index contributed by atoms with van der Waals surface area (Å²) in [5, 5.41) is 110. The van der Waals surface area contributed by atoms with E-state index in [1.807, 2.05) is 0 Å². The molecule has 3 aromatic rings. The van der Waals surface area contributed by atoms with Crippen LogP contribution in [-0.4, -0.2) is 329 Å². The maximum Gasteiger partial charge on any atom is 0.327 e. The van der Waals surface area contributed by atoms with Crippen LogP contribution >= 0.6 is 64.8 Å². The predicted octanol–water partition coefficient (Wildman–Crippen LogP) is -11.5. The number of carbonyl (C=O) groups is 18. The van der Waals surface area contributed by atoms with Crippen LogP contribution in [0.25, 0.3) is 10.9 Å². The molecule has 16 atom stereocenters. The number of nitrogens with one attached hydrogen (secondary N) is 21. The van der Waals surface area contributed by atoms with Gasteiger partial charge in [-0.1, -0.05) is 83.0 Å². The third-order valence-corrected chi connectivity index (χ3v) is 26.1. The van der Waals surface area contributed by atoms with E-state index < -0.39 is 308 Å². The molecule has 0 spiro atoms. The summed E-state index contributed by atoms with van der Waals surface area (Å²) in [6, 6.07) is -23.9. The van der Waals surface area contributed by atoms with Crippen molar-refractivity contribution in [2.24, 2.45) is 28.7 Å². The zero-order valence-electron chi connectivity index (χ0n) is 67.4. The van der Waals surface area contributed by atoms with Gasteiger partial charge in [-0.05, 0) is 63.1 Å². The number of hydrogen-bond acceptors (Lipinski definition) is 32. The zero-order chi connectivity index (χ0) is 92.7. The number of rotatable bonds is 24. The standard InChI is InChI=1S/C70H105N27O23S6/c71-12-4-3-9-36-54(105)86-39(15-31-19-81-35-8-2-1-7-33(31)35)57(108)95-47-26-122-121-24-34(72)53(104)93-46-25-123-124-28-49(67(118)97-50(68(119)120)29-126-125-27-48(96-59(110)41(17-51(73)101)88-65(46)116)66(117)92-45(23-100)63(114)91-44(22-99)62(113)83-36)94-56(107)38(11-6-14-80-70(76)77)84-61(112)43(21-98)90-58(109)40(16-32-20-78-30-82-32)87-60(111)42(18-52(102)103)89-55(106)37(85-64(47)115)10-5-13-79-69(74)75/h1-2,7-8,19-20,30,34,36-50,81,98-100H,3-6,9-18,21-29,71-72H2,(H2,73,101)(H,78,82)(H,83,113)(H,84,112)(H,85,115)(H,86,105)(H,87,111)(H,88,116)(H,89,106)(H,90,109)(H,91,114)(H,92,117)(H,93,104)(H,94,107)(H,95,108)(H,96,110)(H,97,118)(H,102,103)(H,119,120)(H4,74,75,79)(H4,76,77,80)/t34-,36-,37-,38-,39-,40-,41-,42-,43-,44-,45-,46-,47-,48-,49-,50-/m0/s1. The second kappa shape index (κ2) is 53.4. The number of carbonyl (C=O) groups excluding carboxylic acids is 16. The van der Waals surface area contributed by atoms with Crippen molar-refractivity contribution in [2.75, 3.05) is 74.0 Å². The van der Waals surface area contributed by atoms with Crippen molar-refractivity contribution in [3.63, 3.8) is 0 Å². The summed E-state index contributed by atoms with van der Waals surface area (Å²) in [7, 11) is 4.19. The number of fused-ring (bicyclic) bond motifs is 17. The maximum atomic E-state index is 15.4. The van der Waals surface area contributed by atoms with Crippen LogP contribution in [0.2, 0.25) is 0 Å². The number of guanidine groups is 2. The SMILES string of the molecule is N=C(N)NCCC[C@@H]1NC(=O)[C@H](CO)NC(=O)[C@H](Cc2cnc[nH]2)NC(=O)[C@H](CC(=O)O)NC(=O)[C@H](CCCNC(=N)N)NC(=O)[C@@H]2CSSC[C@H](N)C(=O)N[C@H]3CSSC[C@H](NC1=O)C(=O)N[C@H](C(=O)O)CSSC[C@H](NC(=O)[C@H](CC(N)=O)NC3=O)C(=O)N[C@@H](CO)C(=O)N[C@@H](CO)C(=O)N[C@@H](CCCCN)C(=O)N[C@@H](Cc1c[nH]c3ccccc13)C(=O)N2. The summed E-state index contributed by atoms with van der Waals surface area (Å²) in [4.78, 5) is 270. The molecule has 3 fully saturated rings. The largest absolute Gasteiger partial charge is 0.481 e. The lowest BCUT2D eigenvalue weighted by Crippen LogP contribution is -2.62. The lowest BCUT2D eigenvalue weighted by atomic mass is 10.0. The highest BCUT2D eigenvalue weighted by atomic mass is 33.1. The topological polar surface area (TPSA) is 835 Å². The van der Waals surface area contributed by atoms with Gasteiger partial charge in [-0.2, -0.15) is 0 Å². The molecule has 2 aromatic heterocycles. The molecule has 3 aliphatic heterocycles. The van der Waals surface area contributed by atoms with E-state index in [1.54, 1.807) is 24.3 Å². The van der Waals surface area contributed by atoms with Crippen molar-refractivity contribution in [1.29, 1.82) is 10.8 Å². The molecule has 36 N–H and O–H groups in total. The average Bonchev–Trinajstić information content (AvgIpc) is 1.68. The van der Waals surface area contributed by atoms with E-state index in [0.29, 0.717) is 59.6 Å². The molecule has 1 aromatic carbocycles. The van der Waals surface area contributed by atoms with E-state index >= 15 is 14.4 Å². The number of primary amides is 1. The Labute approximate surface area is 742 Å². The number of aromatic nitrogens is 3. The first-order valence-electron chi connectivity index (χ1n) is 39.0. The number of aromatic amines is 2. The number of aliphatic carboxylic acids is 2. The monoisotopic (exact) mass is 1880 g/mol. The number of hydrogen-bond donors (Lipinski definition) is 31. The Kier molecular flexibility index (Phi) is 43.9. The number of benzene rings is 1. The highest BCUT2D eigenvalue weighted by molar-refractivity contribution is 8.77. The number of aliphatic hydroxyl groups excluding tert-OH is 3. The molecule has 0 aliphatic carbocycles. The molecule has 3 saturated heterocycles. The van der Waals surface area contributed by atoms with Crippen LogP contribution in [0.4, 0.5) is 0 Å². The van der Waals surface area contributed by atoms with Gasteiger partial charge < -0.3 is 155 Å². The lowest BCUT2D eigenvalue weighted by molar-refractivity contribution is -0.142. The molecule has 0 radical (unpaired) electrons. The van der Waals surface area contributed by atoms with Gasteiger partial charge in [0.05, 0.1) is 45.0 Å². The van der Waals surface area contributed by atoms with E-state index in [2.05, 4.69) is 105 Å². The number of nitrogens with two attached hydrogens (primary N) is 5. The minimum absolute atomic E-state index is 0.0583. The first-order valence-corrected chi connectivity index (χ1v) is 46.5. The zero-order valence-corrected chi connectivity index (χ0v) is 72.3. The first kappa shape index (κ1) is 104. The summed E-state index contributed by atoms with van der Waals surface area (Å²) >= 11 is 0. The lowest BCUT2D eigenvalue weighted by Gasteiger charge is -2.28. The van der Waals surface area contributed by atoms with Crippen LogP contribution in [-0.2, 0) is 99.1 Å². The molecule has 6 rings (SSSR count). The molecule has 0 unspecified atom stereocenters. The Morgan fingerprint density at radius 3 is 1.25 bits per heavy atom. The number of imidazole rings is 1. The number of carboxylic acid groups (broad SMARTS) is 2. The summed E-state index contributed by atoms with van der Waals surface area (Å²) in [6.45, 7) is -4.08. The highest BCUT2D eigenvalue weighted by Crippen LogP contribution is 2.28. The van der Waals surface area contributed by atoms with Gasteiger partial charge in [0.25, 0.3) is 0 Å². The van der Waals surface area contributed by atoms with Gasteiger partial charge in [-0.25, -0.2) is 9.78 Å². The Morgan fingerprint density at radius 2 is 0.786 bits per heavy atom. The van der Waals surface area contributed by atoms with Gasteiger partial charge in [0.2, 0.25) is 94.5 Å². The summed E-state index contributed by atoms with van der Waals surface area (Å²) in [5.74, 6) is -28.2. The van der Waals surface area contributed by atoms with E-state index in [-0.39, 0.29) is 57.4 Å². The molecular formula is C70H105N27O23S6. The normalized spacial score (nSPS) is 26.4. The van der Waals surface area contributed by atoms with Crippen LogP contribution in [0, 0.1) is 10.8 Å². The third kappa shape index (κ3) is 34.7. The number of aliphatic hydroxyl groups is 3. The second-order valence-electron chi connectivity index (χ2n) is 28.5. The van der Waals surface area contributed by atoms with Gasteiger partial charge >= 0.3 is 11.9 Å². The molecule has 694 valence electrons. The Hall–Kier alpha value is -11.1. The summed E-state index contributed by atoms with van der Waals surface area (Å²) in [5.41, 5.74) is 30.1. The maximum absolute atomic E-state index is 15.4. The highest BCUT2D eigenvalue weighted by Gasteiger charge is 2.41. The van der Waals surface area contributed by atoms with Gasteiger partial charge in [-0.3, -0.25) is 92.3 Å². The molecule has 50 nitrogen and oxygen atoms in total. The van der Waals surface area contributed by atoms with E-state index in [9.17, 15) is 97.5 Å². The summed E-state index contributed by atoms with van der Waals surface area (Å²) in [6.07, 6.45) is -0.452. The third-order valence-electron chi connectivity index (χ3n) is 18.8. The van der Waals surface area contributed by atoms with Gasteiger partial charge in [0.1, 0.15) is 90.6 Å². The number of nitrogens with zero attached hydrogens (tertiary/aromatic N) is 1. The number of carboxylic acids is 2. The van der Waals surface area contributed by atoms with Crippen LogP contribution in [0.5, 0.6) is 0 Å². The van der Waals surface area contributed by atoms with E-state index in [4.69, 9.17) is 39.5 Å². The van der Waals surface area contributed by atoms with Gasteiger partial charge in [0.15, 0.2) is 11.9 Å².